The number of aryl methyl sites for hydroxylation is 2. The Morgan fingerprint density at radius 3 is 2.83 bits per heavy atom. The van der Waals surface area contributed by atoms with Crippen LogP contribution in [0.3, 0.4) is 0 Å². The molecular formula is C19H22N4O. The van der Waals surface area contributed by atoms with Crippen LogP contribution in [0.15, 0.2) is 23.2 Å². The van der Waals surface area contributed by atoms with E-state index in [1.165, 1.54) is 16.7 Å². The van der Waals surface area contributed by atoms with Gasteiger partial charge in [-0.3, -0.25) is 14.5 Å². The summed E-state index contributed by atoms with van der Waals surface area (Å²) in [5.74, 6) is 0.0203. The van der Waals surface area contributed by atoms with Crippen LogP contribution in [0.5, 0.6) is 0 Å². The number of amides is 1. The highest BCUT2D eigenvalue weighted by molar-refractivity contribution is 6.01. The summed E-state index contributed by atoms with van der Waals surface area (Å²) in [5.41, 5.74) is 5.93. The zero-order valence-electron chi connectivity index (χ0n) is 14.4. The van der Waals surface area contributed by atoms with E-state index in [4.69, 9.17) is 0 Å². The lowest BCUT2D eigenvalue weighted by molar-refractivity contribution is 0.0768. The molecule has 1 atom stereocenters. The number of carbonyl (C=O) groups excluding carboxylic acids is 1. The van der Waals surface area contributed by atoms with Gasteiger partial charge in [-0.1, -0.05) is 18.2 Å². The molecule has 0 spiro atoms. The molecule has 3 heterocycles. The smallest absolute Gasteiger partial charge is 0.277 e. The number of benzene rings is 1. The van der Waals surface area contributed by atoms with Gasteiger partial charge < -0.3 is 4.90 Å². The maximum absolute atomic E-state index is 12.8. The Morgan fingerprint density at radius 1 is 1.21 bits per heavy atom. The summed E-state index contributed by atoms with van der Waals surface area (Å²) in [5, 5.41) is 4.61. The van der Waals surface area contributed by atoms with Crippen molar-refractivity contribution in [1.82, 2.24) is 14.7 Å². The predicted molar refractivity (Wildman–Crippen MR) is 94.2 cm³/mol. The maximum Gasteiger partial charge on any atom is 0.277 e. The molecule has 2 aromatic rings. The van der Waals surface area contributed by atoms with Crippen molar-refractivity contribution >= 4 is 17.8 Å². The number of aliphatic imine (C=N–C) groups is 1. The van der Waals surface area contributed by atoms with E-state index in [1.807, 2.05) is 22.7 Å². The van der Waals surface area contributed by atoms with Crippen LogP contribution in [-0.2, 0) is 6.54 Å². The topological polar surface area (TPSA) is 50.5 Å². The number of nitrogens with zero attached hydrogens (tertiary/aromatic N) is 4. The third kappa shape index (κ3) is 2.35. The molecule has 1 aromatic carbocycles. The van der Waals surface area contributed by atoms with Crippen LogP contribution in [0.25, 0.3) is 0 Å². The minimum absolute atomic E-state index is 0.0203. The molecule has 2 aliphatic heterocycles. The number of hydrogen-bond acceptors (Lipinski definition) is 3. The van der Waals surface area contributed by atoms with Crippen molar-refractivity contribution in [2.75, 3.05) is 6.54 Å². The first-order chi connectivity index (χ1) is 11.5. The van der Waals surface area contributed by atoms with Crippen molar-refractivity contribution in [2.45, 2.75) is 46.2 Å². The summed E-state index contributed by atoms with van der Waals surface area (Å²) in [6.07, 6.45) is 3.97. The Labute approximate surface area is 142 Å². The van der Waals surface area contributed by atoms with Crippen molar-refractivity contribution in [1.29, 1.82) is 0 Å². The molecule has 5 heteroatoms. The Morgan fingerprint density at radius 2 is 2.04 bits per heavy atom. The summed E-state index contributed by atoms with van der Waals surface area (Å²) in [7, 11) is 0. The molecule has 0 unspecified atom stereocenters. The molecule has 0 N–H and O–H groups in total. The highest BCUT2D eigenvalue weighted by Gasteiger charge is 2.34. The molecule has 5 nitrogen and oxygen atoms in total. The molecule has 124 valence electrons. The van der Waals surface area contributed by atoms with E-state index in [1.54, 1.807) is 0 Å². The van der Waals surface area contributed by atoms with Gasteiger partial charge in [0.05, 0.1) is 18.3 Å². The minimum atomic E-state index is 0.0203. The average molecular weight is 322 g/mol. The molecule has 0 bridgehead atoms. The molecular weight excluding hydrogens is 300 g/mol. The van der Waals surface area contributed by atoms with Gasteiger partial charge in [-0.25, -0.2) is 0 Å². The lowest BCUT2D eigenvalue weighted by Crippen LogP contribution is -2.35. The number of aromatic nitrogens is 2. The molecule has 1 saturated heterocycles. The van der Waals surface area contributed by atoms with Crippen molar-refractivity contribution in [3.8, 4) is 0 Å². The first-order valence-corrected chi connectivity index (χ1v) is 8.53. The van der Waals surface area contributed by atoms with Crippen LogP contribution in [-0.4, -0.2) is 39.4 Å². The molecule has 1 amide bonds. The Balaban J connectivity index is 1.71. The van der Waals surface area contributed by atoms with Gasteiger partial charge in [0.1, 0.15) is 5.69 Å². The largest absolute Gasteiger partial charge is 0.329 e. The molecule has 0 aliphatic carbocycles. The van der Waals surface area contributed by atoms with Crippen LogP contribution >= 0.6 is 0 Å². The SMILES string of the molecule is Cc1ccc(Cn2nc3c(c2C)N=C[C@@H]2CCCN2C3=O)cc1C. The lowest BCUT2D eigenvalue weighted by atomic mass is 10.1. The fraction of sp³-hybridized carbons (Fsp3) is 0.421. The molecule has 24 heavy (non-hydrogen) atoms. The van der Waals surface area contributed by atoms with Gasteiger partial charge in [0.25, 0.3) is 5.91 Å². The highest BCUT2D eigenvalue weighted by atomic mass is 16.2. The summed E-state index contributed by atoms with van der Waals surface area (Å²) in [6, 6.07) is 6.57. The number of fused-ring (bicyclic) bond motifs is 2. The van der Waals surface area contributed by atoms with Crippen molar-refractivity contribution in [3.63, 3.8) is 0 Å². The molecule has 0 radical (unpaired) electrons. The zero-order chi connectivity index (χ0) is 16.8. The molecule has 1 fully saturated rings. The van der Waals surface area contributed by atoms with Gasteiger partial charge in [-0.15, -0.1) is 0 Å². The van der Waals surface area contributed by atoms with Crippen LogP contribution < -0.4 is 0 Å². The van der Waals surface area contributed by atoms with E-state index >= 15 is 0 Å². The minimum Gasteiger partial charge on any atom is -0.329 e. The average Bonchev–Trinajstić information content (AvgIpc) is 3.11. The van der Waals surface area contributed by atoms with Crippen LogP contribution in [0, 0.1) is 20.8 Å². The Kier molecular flexibility index (Phi) is 3.52. The van der Waals surface area contributed by atoms with Crippen molar-refractivity contribution in [3.05, 3.63) is 46.3 Å². The Hall–Kier alpha value is -2.43. The van der Waals surface area contributed by atoms with E-state index in [0.29, 0.717) is 12.2 Å². The second-order valence-electron chi connectivity index (χ2n) is 6.85. The second-order valence-corrected chi connectivity index (χ2v) is 6.85. The van der Waals surface area contributed by atoms with E-state index in [0.717, 1.165) is 30.8 Å². The van der Waals surface area contributed by atoms with Crippen molar-refractivity contribution in [2.24, 2.45) is 4.99 Å². The van der Waals surface area contributed by atoms with E-state index in [-0.39, 0.29) is 11.9 Å². The first-order valence-electron chi connectivity index (χ1n) is 8.53. The molecule has 0 saturated carbocycles. The number of rotatable bonds is 2. The standard InChI is InChI=1S/C19H22N4O/c1-12-6-7-15(9-13(12)2)11-23-14(3)17-18(21-23)19(24)22-8-4-5-16(22)10-20-17/h6-7,9-10,16H,4-5,8,11H2,1-3H3/t16-/m0/s1. The van der Waals surface area contributed by atoms with Gasteiger partial charge in [0, 0.05) is 12.8 Å². The van der Waals surface area contributed by atoms with Gasteiger partial charge >= 0.3 is 0 Å². The van der Waals surface area contributed by atoms with E-state index in [9.17, 15) is 4.79 Å². The fourth-order valence-corrected chi connectivity index (χ4v) is 3.56. The summed E-state index contributed by atoms with van der Waals surface area (Å²) >= 11 is 0. The van der Waals surface area contributed by atoms with Gasteiger partial charge in [-0.2, -0.15) is 5.10 Å². The third-order valence-electron chi connectivity index (χ3n) is 5.22. The van der Waals surface area contributed by atoms with Crippen LogP contribution in [0.4, 0.5) is 5.69 Å². The Bertz CT molecular complexity index is 849. The molecule has 1 aromatic heterocycles. The predicted octanol–water partition coefficient (Wildman–Crippen LogP) is 3.18. The van der Waals surface area contributed by atoms with Crippen molar-refractivity contribution < 1.29 is 4.79 Å². The highest BCUT2D eigenvalue weighted by Crippen LogP contribution is 2.31. The third-order valence-corrected chi connectivity index (χ3v) is 5.22. The monoisotopic (exact) mass is 322 g/mol. The first kappa shape index (κ1) is 15.1. The van der Waals surface area contributed by atoms with Gasteiger partial charge in [0.15, 0.2) is 5.69 Å². The second kappa shape index (κ2) is 5.58. The summed E-state index contributed by atoms with van der Waals surface area (Å²) in [6.45, 7) is 7.68. The van der Waals surface area contributed by atoms with E-state index in [2.05, 4.69) is 42.1 Å². The zero-order valence-corrected chi connectivity index (χ0v) is 14.4. The number of carbonyl (C=O) groups is 1. The van der Waals surface area contributed by atoms with Crippen LogP contribution in [0.1, 0.15) is 45.7 Å². The van der Waals surface area contributed by atoms with E-state index < -0.39 is 0 Å². The number of hydrogen-bond donors (Lipinski definition) is 0. The molecule has 4 rings (SSSR count). The summed E-state index contributed by atoms with van der Waals surface area (Å²) in [4.78, 5) is 19.3. The quantitative estimate of drug-likeness (QED) is 0.852. The van der Waals surface area contributed by atoms with Crippen LogP contribution in [0.2, 0.25) is 0 Å². The van der Waals surface area contributed by atoms with Gasteiger partial charge in [-0.05, 0) is 50.3 Å². The fourth-order valence-electron chi connectivity index (χ4n) is 3.56. The maximum atomic E-state index is 12.8. The normalized spacial score (nSPS) is 19.4. The molecule has 2 aliphatic rings. The van der Waals surface area contributed by atoms with Gasteiger partial charge in [0.2, 0.25) is 0 Å². The summed E-state index contributed by atoms with van der Waals surface area (Å²) < 4.78 is 1.90. The lowest BCUT2D eigenvalue weighted by Gasteiger charge is -2.18.